The average Bonchev–Trinajstić information content (AvgIpc) is 2.29. The number of hydrogen-bond acceptors (Lipinski definition) is 5. The second-order valence-corrected chi connectivity index (χ2v) is 2.90. The van der Waals surface area contributed by atoms with Crippen molar-refractivity contribution in [1.29, 1.82) is 5.26 Å². The summed E-state index contributed by atoms with van der Waals surface area (Å²) >= 11 is 0. The van der Waals surface area contributed by atoms with Crippen LogP contribution in [0.4, 0.5) is 5.82 Å². The molecule has 0 spiro atoms. The molecule has 6 heteroatoms. The molecule has 1 N–H and O–H groups in total. The van der Waals surface area contributed by atoms with Crippen LogP contribution in [0.15, 0.2) is 12.4 Å². The molecule has 1 aromatic heterocycles. The molecule has 0 saturated carbocycles. The van der Waals surface area contributed by atoms with Crippen molar-refractivity contribution in [3.05, 3.63) is 18.1 Å². The van der Waals surface area contributed by atoms with Crippen molar-refractivity contribution in [3.63, 3.8) is 0 Å². The summed E-state index contributed by atoms with van der Waals surface area (Å²) in [4.78, 5) is 20.6. The highest BCUT2D eigenvalue weighted by Gasteiger charge is 2.07. The number of carbonyl (C=O) groups excluding carboxylic acids is 1. The van der Waals surface area contributed by atoms with E-state index in [1.54, 1.807) is 19.0 Å². The van der Waals surface area contributed by atoms with Gasteiger partial charge in [-0.25, -0.2) is 9.97 Å². The van der Waals surface area contributed by atoms with Crippen LogP contribution in [-0.2, 0) is 4.79 Å². The summed E-state index contributed by atoms with van der Waals surface area (Å²) < 4.78 is 0. The zero-order valence-electron chi connectivity index (χ0n) is 8.56. The fourth-order valence-electron chi connectivity index (χ4n) is 0.952. The van der Waals surface area contributed by atoms with Crippen LogP contribution in [0.5, 0.6) is 0 Å². The first-order chi connectivity index (χ1) is 7.17. The Morgan fingerprint density at radius 1 is 1.60 bits per heavy atom. The highest BCUT2D eigenvalue weighted by atomic mass is 16.1. The molecule has 0 unspecified atom stereocenters. The highest BCUT2D eigenvalue weighted by molar-refractivity contribution is 5.80. The average molecular weight is 205 g/mol. The Morgan fingerprint density at radius 2 is 2.33 bits per heavy atom. The van der Waals surface area contributed by atoms with Crippen LogP contribution >= 0.6 is 0 Å². The number of likely N-dealkylation sites (N-methyl/N-ethyl adjacent to an activating group) is 2. The van der Waals surface area contributed by atoms with Crippen LogP contribution in [0.1, 0.15) is 5.69 Å². The maximum Gasteiger partial charge on any atom is 0.239 e. The minimum atomic E-state index is -0.108. The van der Waals surface area contributed by atoms with Gasteiger partial charge in [-0.2, -0.15) is 5.26 Å². The highest BCUT2D eigenvalue weighted by Crippen LogP contribution is 2.05. The lowest BCUT2D eigenvalue weighted by Crippen LogP contribution is -2.33. The molecule has 0 fully saturated rings. The van der Waals surface area contributed by atoms with Gasteiger partial charge in [0.05, 0.1) is 18.9 Å². The first-order valence-electron chi connectivity index (χ1n) is 4.31. The summed E-state index contributed by atoms with van der Waals surface area (Å²) in [7, 11) is 3.30. The van der Waals surface area contributed by atoms with Crippen molar-refractivity contribution in [2.24, 2.45) is 0 Å². The van der Waals surface area contributed by atoms with E-state index in [9.17, 15) is 4.79 Å². The summed E-state index contributed by atoms with van der Waals surface area (Å²) in [5.74, 6) is 0.446. The molecule has 0 aliphatic carbocycles. The number of nitrogens with zero attached hydrogens (tertiary/aromatic N) is 4. The molecule has 0 aliphatic rings. The summed E-state index contributed by atoms with van der Waals surface area (Å²) in [6.45, 7) is 0.205. The van der Waals surface area contributed by atoms with Gasteiger partial charge in [-0.05, 0) is 0 Å². The minimum absolute atomic E-state index is 0.108. The molecule has 1 heterocycles. The van der Waals surface area contributed by atoms with Crippen LogP contribution in [-0.4, -0.2) is 36.5 Å². The summed E-state index contributed by atoms with van der Waals surface area (Å²) in [6.07, 6.45) is 2.83. The molecule has 6 nitrogen and oxygen atoms in total. The number of nitriles is 1. The number of aromatic nitrogens is 2. The lowest BCUT2D eigenvalue weighted by molar-refractivity contribution is -0.119. The number of anilines is 1. The Labute approximate surface area is 87.6 Å². The first kappa shape index (κ1) is 10.9. The molecule has 15 heavy (non-hydrogen) atoms. The molecule has 1 rings (SSSR count). The van der Waals surface area contributed by atoms with Gasteiger partial charge in [0.1, 0.15) is 11.9 Å². The third-order valence-electron chi connectivity index (χ3n) is 1.80. The Balaban J connectivity index is 2.70. The van der Waals surface area contributed by atoms with E-state index in [0.717, 1.165) is 0 Å². The zero-order valence-corrected chi connectivity index (χ0v) is 8.56. The number of carbonyl (C=O) groups is 1. The normalized spacial score (nSPS) is 9.13. The number of hydrogen-bond donors (Lipinski definition) is 1. The zero-order chi connectivity index (χ0) is 11.3. The molecule has 78 valence electrons. The van der Waals surface area contributed by atoms with Crippen molar-refractivity contribution in [1.82, 2.24) is 15.3 Å². The lowest BCUT2D eigenvalue weighted by atomic mass is 10.4. The maximum atomic E-state index is 11.1. The quantitative estimate of drug-likeness (QED) is 0.721. The monoisotopic (exact) mass is 205 g/mol. The Bertz CT molecular complexity index is 380. The van der Waals surface area contributed by atoms with E-state index < -0.39 is 0 Å². The smallest absolute Gasteiger partial charge is 0.239 e. The fourth-order valence-corrected chi connectivity index (χ4v) is 0.952. The molecule has 0 atom stereocenters. The summed E-state index contributed by atoms with van der Waals surface area (Å²) in [6, 6.07) is 1.87. The van der Waals surface area contributed by atoms with Crippen LogP contribution in [0.2, 0.25) is 0 Å². The van der Waals surface area contributed by atoms with Crippen LogP contribution in [0.25, 0.3) is 0 Å². The third-order valence-corrected chi connectivity index (χ3v) is 1.80. The van der Waals surface area contributed by atoms with Gasteiger partial charge in [-0.1, -0.05) is 0 Å². The third kappa shape index (κ3) is 2.91. The second-order valence-electron chi connectivity index (χ2n) is 2.90. The van der Waals surface area contributed by atoms with Crippen molar-refractivity contribution in [2.75, 3.05) is 25.5 Å². The summed E-state index contributed by atoms with van der Waals surface area (Å²) in [5, 5.41) is 11.0. The van der Waals surface area contributed by atoms with Crippen LogP contribution < -0.4 is 10.2 Å². The molecule has 0 aromatic carbocycles. The van der Waals surface area contributed by atoms with Crippen molar-refractivity contribution < 1.29 is 4.79 Å². The fraction of sp³-hybridized carbons (Fsp3) is 0.333. The van der Waals surface area contributed by atoms with Gasteiger partial charge in [-0.15, -0.1) is 0 Å². The maximum absolute atomic E-state index is 11.1. The van der Waals surface area contributed by atoms with E-state index in [-0.39, 0.29) is 18.1 Å². The number of amides is 1. The van der Waals surface area contributed by atoms with E-state index in [1.807, 2.05) is 6.07 Å². The van der Waals surface area contributed by atoms with Gasteiger partial charge >= 0.3 is 0 Å². The Kier molecular flexibility index (Phi) is 3.57. The lowest BCUT2D eigenvalue weighted by Gasteiger charge is -2.15. The number of rotatable bonds is 3. The summed E-state index contributed by atoms with van der Waals surface area (Å²) in [5.41, 5.74) is 0.257. The number of nitrogens with one attached hydrogen (secondary N) is 1. The van der Waals surface area contributed by atoms with Crippen molar-refractivity contribution in [3.8, 4) is 6.07 Å². The predicted octanol–water partition coefficient (Wildman–Crippen LogP) is -0.470. The van der Waals surface area contributed by atoms with Gasteiger partial charge in [-0.3, -0.25) is 4.79 Å². The SMILES string of the molecule is CNC(=O)CN(C)c1cnc(C#N)cn1. The van der Waals surface area contributed by atoms with E-state index >= 15 is 0 Å². The molecule has 1 amide bonds. The van der Waals surface area contributed by atoms with E-state index in [4.69, 9.17) is 5.26 Å². The second kappa shape index (κ2) is 4.91. The van der Waals surface area contributed by atoms with E-state index in [1.165, 1.54) is 12.4 Å². The molecular formula is C9H11N5O. The van der Waals surface area contributed by atoms with Crippen LogP contribution in [0, 0.1) is 11.3 Å². The van der Waals surface area contributed by atoms with Gasteiger partial charge in [0.2, 0.25) is 5.91 Å². The van der Waals surface area contributed by atoms with Crippen LogP contribution in [0.3, 0.4) is 0 Å². The van der Waals surface area contributed by atoms with Gasteiger partial charge in [0.25, 0.3) is 0 Å². The predicted molar refractivity (Wildman–Crippen MR) is 54.1 cm³/mol. The van der Waals surface area contributed by atoms with Gasteiger partial charge < -0.3 is 10.2 Å². The largest absolute Gasteiger partial charge is 0.358 e. The minimum Gasteiger partial charge on any atom is -0.358 e. The standard InChI is InChI=1S/C9H11N5O/c1-11-9(15)6-14(2)8-5-12-7(3-10)4-13-8/h4-5H,6H2,1-2H3,(H,11,15). The van der Waals surface area contributed by atoms with Crippen molar-refractivity contribution in [2.45, 2.75) is 0 Å². The topological polar surface area (TPSA) is 81.9 Å². The molecule has 0 saturated heterocycles. The Hall–Kier alpha value is -2.16. The molecule has 0 bridgehead atoms. The van der Waals surface area contributed by atoms with Gasteiger partial charge in [0, 0.05) is 14.1 Å². The first-order valence-corrected chi connectivity index (χ1v) is 4.31. The van der Waals surface area contributed by atoms with Gasteiger partial charge in [0.15, 0.2) is 5.69 Å². The molecule has 1 aromatic rings. The van der Waals surface area contributed by atoms with E-state index in [2.05, 4.69) is 15.3 Å². The van der Waals surface area contributed by atoms with Crippen molar-refractivity contribution >= 4 is 11.7 Å². The molecular weight excluding hydrogens is 194 g/mol. The molecule has 0 aliphatic heterocycles. The molecule has 0 radical (unpaired) electrons. The van der Waals surface area contributed by atoms with E-state index in [0.29, 0.717) is 5.82 Å². The Morgan fingerprint density at radius 3 is 2.80 bits per heavy atom.